The van der Waals surface area contributed by atoms with Gasteiger partial charge in [-0.2, -0.15) is 10.1 Å². The third-order valence-corrected chi connectivity index (χ3v) is 5.33. The number of allylic oxidation sites excluding steroid dienone is 3. The number of urea groups is 1. The van der Waals surface area contributed by atoms with Gasteiger partial charge >= 0.3 is 6.03 Å². The van der Waals surface area contributed by atoms with E-state index in [2.05, 4.69) is 22.5 Å². The Bertz CT molecular complexity index is 970. The van der Waals surface area contributed by atoms with Crippen molar-refractivity contribution >= 4 is 17.9 Å². The Morgan fingerprint density at radius 3 is 2.47 bits per heavy atom. The standard InChI is InChI=1S/C24H37N7O3/c1-6-20(28(3)4)13-10-14-22-19(2)23(31(27-22)21-11-8-7-9-12-21)26-24(34)29(5)30(18-33)17-25-15-16-32/h7-14,25,32-33H,6,15-18H2,1-5H3,(H,26,34)/b14-10+,20-13-. The van der Waals surface area contributed by atoms with Crippen molar-refractivity contribution in [1.82, 2.24) is 30.0 Å². The lowest BCUT2D eigenvalue weighted by Crippen LogP contribution is -2.50. The Labute approximate surface area is 201 Å². The third-order valence-electron chi connectivity index (χ3n) is 5.33. The predicted octanol–water partition coefficient (Wildman–Crippen LogP) is 2.22. The van der Waals surface area contributed by atoms with Gasteiger partial charge in [-0.1, -0.05) is 31.2 Å². The van der Waals surface area contributed by atoms with E-state index in [0.29, 0.717) is 12.4 Å². The van der Waals surface area contributed by atoms with Gasteiger partial charge in [0.2, 0.25) is 0 Å². The van der Waals surface area contributed by atoms with E-state index in [1.807, 2.05) is 69.6 Å². The molecule has 10 nitrogen and oxygen atoms in total. The Morgan fingerprint density at radius 2 is 1.88 bits per heavy atom. The molecule has 0 aliphatic carbocycles. The fraction of sp³-hybridized carbons (Fsp3) is 0.417. The molecule has 1 heterocycles. The van der Waals surface area contributed by atoms with Crippen LogP contribution in [-0.2, 0) is 0 Å². The maximum absolute atomic E-state index is 13.0. The van der Waals surface area contributed by atoms with Crippen LogP contribution < -0.4 is 10.6 Å². The normalized spacial score (nSPS) is 11.9. The molecule has 0 fully saturated rings. The Balaban J connectivity index is 2.35. The number of anilines is 1. The number of aliphatic hydroxyl groups excluding tert-OH is 2. The number of carbonyl (C=O) groups excluding carboxylic acids is 1. The molecule has 0 unspecified atom stereocenters. The van der Waals surface area contributed by atoms with Gasteiger partial charge in [-0.15, -0.1) is 0 Å². The molecule has 0 saturated carbocycles. The number of para-hydroxylation sites is 1. The fourth-order valence-electron chi connectivity index (χ4n) is 3.26. The molecule has 0 atom stereocenters. The molecule has 0 aliphatic rings. The predicted molar refractivity (Wildman–Crippen MR) is 135 cm³/mol. The number of aromatic nitrogens is 2. The zero-order chi connectivity index (χ0) is 25.1. The van der Waals surface area contributed by atoms with Crippen LogP contribution in [0.5, 0.6) is 0 Å². The summed E-state index contributed by atoms with van der Waals surface area (Å²) in [6, 6.07) is 9.14. The van der Waals surface area contributed by atoms with Crippen LogP contribution in [0, 0.1) is 6.92 Å². The van der Waals surface area contributed by atoms with Crippen LogP contribution in [0.1, 0.15) is 24.6 Å². The minimum atomic E-state index is -0.434. The van der Waals surface area contributed by atoms with Gasteiger partial charge in [-0.25, -0.2) is 9.48 Å². The molecule has 4 N–H and O–H groups in total. The van der Waals surface area contributed by atoms with Crippen LogP contribution in [0.25, 0.3) is 11.8 Å². The van der Waals surface area contributed by atoms with E-state index >= 15 is 0 Å². The number of aliphatic hydroxyl groups is 2. The van der Waals surface area contributed by atoms with E-state index in [0.717, 1.165) is 23.4 Å². The maximum atomic E-state index is 13.0. The van der Waals surface area contributed by atoms with Crippen molar-refractivity contribution in [2.75, 3.05) is 53.0 Å². The van der Waals surface area contributed by atoms with Crippen LogP contribution in [-0.4, -0.2) is 88.6 Å². The summed E-state index contributed by atoms with van der Waals surface area (Å²) in [5, 5.41) is 31.9. The summed E-state index contributed by atoms with van der Waals surface area (Å²) in [7, 11) is 5.58. The Hall–Kier alpha value is -3.18. The molecule has 1 aromatic carbocycles. The summed E-state index contributed by atoms with van der Waals surface area (Å²) in [4.78, 5) is 15.1. The van der Waals surface area contributed by atoms with Gasteiger partial charge in [0.1, 0.15) is 12.5 Å². The highest BCUT2D eigenvalue weighted by Gasteiger charge is 2.21. The number of rotatable bonds is 12. The van der Waals surface area contributed by atoms with Crippen molar-refractivity contribution in [1.29, 1.82) is 0 Å². The summed E-state index contributed by atoms with van der Waals surface area (Å²) in [5.41, 5.74) is 3.54. The molecular weight excluding hydrogens is 434 g/mol. The fourth-order valence-corrected chi connectivity index (χ4v) is 3.26. The highest BCUT2D eigenvalue weighted by molar-refractivity contribution is 5.89. The largest absolute Gasteiger partial charge is 0.395 e. The molecule has 0 saturated heterocycles. The second-order valence-electron chi connectivity index (χ2n) is 7.85. The van der Waals surface area contributed by atoms with E-state index in [1.54, 1.807) is 11.7 Å². The number of nitrogens with one attached hydrogen (secondary N) is 2. The number of hydrogen-bond donors (Lipinski definition) is 4. The van der Waals surface area contributed by atoms with Gasteiger partial charge in [-0.3, -0.25) is 10.3 Å². The monoisotopic (exact) mass is 471 g/mol. The first-order valence-corrected chi connectivity index (χ1v) is 11.3. The summed E-state index contributed by atoms with van der Waals surface area (Å²) in [6.07, 6.45) is 6.84. The van der Waals surface area contributed by atoms with Gasteiger partial charge < -0.3 is 20.4 Å². The van der Waals surface area contributed by atoms with Crippen molar-refractivity contribution in [2.45, 2.75) is 20.3 Å². The highest BCUT2D eigenvalue weighted by atomic mass is 16.3. The number of hydrogen-bond acceptors (Lipinski definition) is 7. The Kier molecular flexibility index (Phi) is 10.8. The second-order valence-corrected chi connectivity index (χ2v) is 7.85. The van der Waals surface area contributed by atoms with Crippen LogP contribution in [0.3, 0.4) is 0 Å². The molecule has 0 spiro atoms. The van der Waals surface area contributed by atoms with E-state index in [-0.39, 0.29) is 20.0 Å². The van der Waals surface area contributed by atoms with E-state index < -0.39 is 6.03 Å². The van der Waals surface area contributed by atoms with E-state index in [4.69, 9.17) is 10.2 Å². The molecule has 2 aromatic rings. The van der Waals surface area contributed by atoms with Crippen LogP contribution >= 0.6 is 0 Å². The second kappa shape index (κ2) is 13.5. The minimum absolute atomic E-state index is 0.0373. The van der Waals surface area contributed by atoms with Gasteiger partial charge in [0.25, 0.3) is 0 Å². The highest BCUT2D eigenvalue weighted by Crippen LogP contribution is 2.25. The lowest BCUT2D eigenvalue weighted by atomic mass is 10.2. The molecule has 2 rings (SSSR count). The van der Waals surface area contributed by atoms with Crippen molar-refractivity contribution in [3.05, 3.63) is 59.4 Å². The number of hydrazine groups is 1. The lowest BCUT2D eigenvalue weighted by Gasteiger charge is -2.30. The minimum Gasteiger partial charge on any atom is -0.395 e. The first kappa shape index (κ1) is 27.1. The molecule has 0 bridgehead atoms. The SMILES string of the molecule is CC/C(=C/C=C/c1nn(-c2ccccc2)c(NC(=O)N(C)N(CO)CNCCO)c1C)N(C)C. The first-order chi connectivity index (χ1) is 16.3. The van der Waals surface area contributed by atoms with Crippen molar-refractivity contribution in [2.24, 2.45) is 0 Å². The molecular formula is C24H37N7O3. The molecule has 10 heteroatoms. The maximum Gasteiger partial charge on any atom is 0.337 e. The molecule has 1 aromatic heterocycles. The average Bonchev–Trinajstić information content (AvgIpc) is 3.14. The van der Waals surface area contributed by atoms with E-state index in [1.165, 1.54) is 15.7 Å². The van der Waals surface area contributed by atoms with Gasteiger partial charge in [-0.05, 0) is 37.6 Å². The zero-order valence-electron chi connectivity index (χ0n) is 20.7. The first-order valence-electron chi connectivity index (χ1n) is 11.3. The molecule has 0 aliphatic heterocycles. The zero-order valence-corrected chi connectivity index (χ0v) is 20.7. The summed E-state index contributed by atoms with van der Waals surface area (Å²) < 4.78 is 1.70. The van der Waals surface area contributed by atoms with Crippen LogP contribution in [0.15, 0.2) is 48.2 Å². The number of benzene rings is 1. The van der Waals surface area contributed by atoms with Crippen molar-refractivity contribution in [3.8, 4) is 5.69 Å². The number of carbonyl (C=O) groups is 1. The number of nitrogens with zero attached hydrogens (tertiary/aromatic N) is 5. The summed E-state index contributed by atoms with van der Waals surface area (Å²) in [6.45, 7) is 4.15. The van der Waals surface area contributed by atoms with Crippen LogP contribution in [0.4, 0.5) is 10.6 Å². The molecule has 186 valence electrons. The van der Waals surface area contributed by atoms with Crippen molar-refractivity contribution < 1.29 is 15.0 Å². The topological polar surface area (TPSA) is 109 Å². The average molecular weight is 472 g/mol. The van der Waals surface area contributed by atoms with E-state index in [9.17, 15) is 9.90 Å². The smallest absolute Gasteiger partial charge is 0.337 e. The molecule has 2 amide bonds. The van der Waals surface area contributed by atoms with Crippen molar-refractivity contribution in [3.63, 3.8) is 0 Å². The lowest BCUT2D eigenvalue weighted by molar-refractivity contribution is -0.0362. The number of amides is 2. The third kappa shape index (κ3) is 7.16. The summed E-state index contributed by atoms with van der Waals surface area (Å²) in [5.74, 6) is 0.538. The molecule has 0 radical (unpaired) electrons. The quantitative estimate of drug-likeness (QED) is 0.163. The van der Waals surface area contributed by atoms with Gasteiger partial charge in [0.15, 0.2) is 0 Å². The van der Waals surface area contributed by atoms with Gasteiger partial charge in [0, 0.05) is 38.9 Å². The Morgan fingerprint density at radius 1 is 1.18 bits per heavy atom. The van der Waals surface area contributed by atoms with Crippen LogP contribution in [0.2, 0.25) is 0 Å². The van der Waals surface area contributed by atoms with Gasteiger partial charge in [0.05, 0.1) is 24.7 Å². The molecule has 34 heavy (non-hydrogen) atoms. The summed E-state index contributed by atoms with van der Waals surface area (Å²) >= 11 is 0.